The largest absolute Gasteiger partial charge is 0.503 e. The number of hydrogen-bond acceptors (Lipinski definition) is 4. The lowest BCUT2D eigenvalue weighted by molar-refractivity contribution is 0.195. The zero-order valence-corrected chi connectivity index (χ0v) is 21.0. The number of nitrogens with zero attached hydrogens (tertiary/aromatic N) is 2. The summed E-state index contributed by atoms with van der Waals surface area (Å²) in [5, 5.41) is 6.41. The van der Waals surface area contributed by atoms with Crippen LogP contribution in [0.15, 0.2) is 10.2 Å². The van der Waals surface area contributed by atoms with Gasteiger partial charge in [0.2, 0.25) is 0 Å². The van der Waals surface area contributed by atoms with Crippen LogP contribution < -0.4 is 0 Å². The molecule has 0 spiro atoms. The van der Waals surface area contributed by atoms with E-state index in [0.29, 0.717) is 0 Å². The molecule has 0 heterocycles. The lowest BCUT2D eigenvalue weighted by Gasteiger charge is -2.37. The first-order valence-corrected chi connectivity index (χ1v) is 12.3. The zero-order chi connectivity index (χ0) is 21.1. The third-order valence-electron chi connectivity index (χ3n) is 3.80. The van der Waals surface area contributed by atoms with Crippen molar-refractivity contribution < 1.29 is 18.4 Å². The Hall–Kier alpha value is -1.03. The van der Waals surface area contributed by atoms with Gasteiger partial charge in [0, 0.05) is 0 Å². The van der Waals surface area contributed by atoms with Gasteiger partial charge in [0.15, 0.2) is 0 Å². The Bertz CT molecular complexity index is 459. The molecule has 0 atom stereocenters. The molecular formula is C18H38N2O4Si2. The van der Waals surface area contributed by atoms with E-state index in [1.165, 1.54) is 0 Å². The van der Waals surface area contributed by atoms with Crippen molar-refractivity contribution >= 4 is 30.3 Å². The van der Waals surface area contributed by atoms with Crippen LogP contribution in [0.1, 0.15) is 83.1 Å². The molecule has 0 rings (SSSR count). The minimum absolute atomic E-state index is 0.125. The zero-order valence-electron chi connectivity index (χ0n) is 18.7. The summed E-state index contributed by atoms with van der Waals surface area (Å²) < 4.78 is 11.2. The molecule has 0 aliphatic rings. The summed E-state index contributed by atoms with van der Waals surface area (Å²) in [6.07, 6.45) is -1.62. The standard InChI is InChI=1S/C18H38N2O4Si2/c1-15(2,3)25(16(4,5)6)23-13(21)19-20-14(22)24-26(17(7,8)9)18(10,11)12/h25-26H,1-12H3. The van der Waals surface area contributed by atoms with Crippen molar-refractivity contribution in [1.82, 2.24) is 0 Å². The average Bonchev–Trinajstić information content (AvgIpc) is 2.34. The summed E-state index contributed by atoms with van der Waals surface area (Å²) in [5.74, 6) is 0. The van der Waals surface area contributed by atoms with Crippen molar-refractivity contribution in [2.45, 2.75) is 103 Å². The molecule has 0 radical (unpaired) electrons. The van der Waals surface area contributed by atoms with Crippen LogP contribution in [-0.2, 0) is 8.85 Å². The van der Waals surface area contributed by atoms with Crippen molar-refractivity contribution in [3.8, 4) is 0 Å². The van der Waals surface area contributed by atoms with Crippen molar-refractivity contribution in [3.05, 3.63) is 0 Å². The fraction of sp³-hybridized carbons (Fsp3) is 0.889. The first-order valence-electron chi connectivity index (χ1n) is 9.09. The monoisotopic (exact) mass is 402 g/mol. The molecule has 152 valence electrons. The molecule has 0 aromatic heterocycles. The first-order chi connectivity index (χ1) is 11.3. The maximum Gasteiger partial charge on any atom is 0.438 e. The molecule has 0 saturated heterocycles. The summed E-state index contributed by atoms with van der Waals surface area (Å²) in [6, 6.07) is 0. The third-order valence-corrected chi connectivity index (χ3v) is 11.0. The van der Waals surface area contributed by atoms with Gasteiger partial charge in [-0.15, -0.1) is 0 Å². The lowest BCUT2D eigenvalue weighted by atomic mass is 10.2. The van der Waals surface area contributed by atoms with Gasteiger partial charge in [-0.1, -0.05) is 93.3 Å². The van der Waals surface area contributed by atoms with Gasteiger partial charge < -0.3 is 8.85 Å². The molecule has 2 amide bonds. The minimum atomic E-state index is -1.96. The van der Waals surface area contributed by atoms with E-state index < -0.39 is 30.3 Å². The molecule has 8 heteroatoms. The van der Waals surface area contributed by atoms with Gasteiger partial charge in [0.1, 0.15) is 0 Å². The highest BCUT2D eigenvalue weighted by Crippen LogP contribution is 2.43. The second kappa shape index (κ2) is 8.33. The van der Waals surface area contributed by atoms with Crippen LogP contribution in [0.3, 0.4) is 0 Å². The second-order valence-electron chi connectivity index (χ2n) is 11.2. The maximum absolute atomic E-state index is 12.1. The lowest BCUT2D eigenvalue weighted by Crippen LogP contribution is -2.40. The quantitative estimate of drug-likeness (QED) is 0.397. The summed E-state index contributed by atoms with van der Waals surface area (Å²) in [5.41, 5.74) is 0. The van der Waals surface area contributed by atoms with Crippen molar-refractivity contribution in [2.24, 2.45) is 10.2 Å². The highest BCUT2D eigenvalue weighted by molar-refractivity contribution is 6.60. The molecule has 0 saturated carbocycles. The summed E-state index contributed by atoms with van der Waals surface area (Å²) >= 11 is 0. The fourth-order valence-electron chi connectivity index (χ4n) is 3.64. The van der Waals surface area contributed by atoms with Crippen LogP contribution in [0, 0.1) is 0 Å². The Morgan fingerprint density at radius 2 is 0.731 bits per heavy atom. The Kier molecular flexibility index (Phi) is 8.00. The van der Waals surface area contributed by atoms with Crippen LogP contribution >= 0.6 is 0 Å². The van der Waals surface area contributed by atoms with Crippen LogP contribution in [0.5, 0.6) is 0 Å². The van der Waals surface area contributed by atoms with Gasteiger partial charge in [-0.3, -0.25) is 0 Å². The molecular weight excluding hydrogens is 364 g/mol. The first kappa shape index (κ1) is 25.0. The minimum Gasteiger partial charge on any atom is -0.503 e. The predicted molar refractivity (Wildman–Crippen MR) is 111 cm³/mol. The summed E-state index contributed by atoms with van der Waals surface area (Å²) in [7, 11) is -3.92. The molecule has 0 aliphatic heterocycles. The molecule has 0 aromatic carbocycles. The Morgan fingerprint density at radius 3 is 0.885 bits per heavy atom. The van der Waals surface area contributed by atoms with E-state index in [-0.39, 0.29) is 20.2 Å². The number of azo groups is 1. The van der Waals surface area contributed by atoms with E-state index in [1.807, 2.05) is 0 Å². The van der Waals surface area contributed by atoms with E-state index in [9.17, 15) is 9.59 Å². The fourth-order valence-corrected chi connectivity index (χ4v) is 10.7. The molecule has 6 nitrogen and oxygen atoms in total. The van der Waals surface area contributed by atoms with Gasteiger partial charge in [-0.2, -0.15) is 0 Å². The number of hydrogen-bond donors (Lipinski definition) is 0. The third kappa shape index (κ3) is 8.57. The Balaban J connectivity index is 5.10. The SMILES string of the molecule is CC(C)(C)[SiH](OC(=O)N=NC(=O)O[SiH](C(C)(C)C)C(C)(C)C)C(C)(C)C. The molecule has 0 fully saturated rings. The van der Waals surface area contributed by atoms with Gasteiger partial charge in [0.05, 0.1) is 0 Å². The van der Waals surface area contributed by atoms with E-state index in [2.05, 4.69) is 93.3 Å². The van der Waals surface area contributed by atoms with Crippen LogP contribution in [0.2, 0.25) is 20.2 Å². The summed E-state index contributed by atoms with van der Waals surface area (Å²) in [4.78, 5) is 24.2. The Morgan fingerprint density at radius 1 is 0.538 bits per heavy atom. The van der Waals surface area contributed by atoms with Crippen LogP contribution in [-0.4, -0.2) is 30.3 Å². The van der Waals surface area contributed by atoms with Crippen molar-refractivity contribution in [1.29, 1.82) is 0 Å². The smallest absolute Gasteiger partial charge is 0.438 e. The average molecular weight is 403 g/mol. The molecule has 0 N–H and O–H groups in total. The Labute approximate surface area is 162 Å². The van der Waals surface area contributed by atoms with Gasteiger partial charge >= 0.3 is 12.2 Å². The topological polar surface area (TPSA) is 77.3 Å². The number of amides is 2. The van der Waals surface area contributed by atoms with Crippen LogP contribution in [0.25, 0.3) is 0 Å². The van der Waals surface area contributed by atoms with Gasteiger partial charge in [0.25, 0.3) is 18.1 Å². The molecule has 0 unspecified atom stereocenters. The highest BCUT2D eigenvalue weighted by atomic mass is 28.3. The maximum atomic E-state index is 12.1. The molecule has 0 aliphatic carbocycles. The van der Waals surface area contributed by atoms with E-state index in [1.54, 1.807) is 0 Å². The second-order valence-corrected chi connectivity index (χ2v) is 20.1. The number of carbonyl (C=O) groups is 2. The highest BCUT2D eigenvalue weighted by Gasteiger charge is 2.42. The van der Waals surface area contributed by atoms with E-state index >= 15 is 0 Å². The normalized spacial score (nSPS) is 14.2. The van der Waals surface area contributed by atoms with Crippen LogP contribution in [0.4, 0.5) is 9.59 Å². The van der Waals surface area contributed by atoms with E-state index in [0.717, 1.165) is 0 Å². The molecule has 0 bridgehead atoms. The number of rotatable bonds is 2. The number of carbonyl (C=O) groups excluding carboxylic acids is 2. The molecule has 26 heavy (non-hydrogen) atoms. The van der Waals surface area contributed by atoms with Gasteiger partial charge in [-0.05, 0) is 20.2 Å². The van der Waals surface area contributed by atoms with Crippen molar-refractivity contribution in [3.63, 3.8) is 0 Å². The predicted octanol–water partition coefficient (Wildman–Crippen LogP) is 6.36. The van der Waals surface area contributed by atoms with Crippen molar-refractivity contribution in [2.75, 3.05) is 0 Å². The summed E-state index contributed by atoms with van der Waals surface area (Å²) in [6.45, 7) is 24.6. The van der Waals surface area contributed by atoms with E-state index in [4.69, 9.17) is 8.85 Å². The van der Waals surface area contributed by atoms with Gasteiger partial charge in [-0.25, -0.2) is 9.59 Å². The molecule has 0 aromatic rings.